The fraction of sp³-hybridized carbons (Fsp3) is 0.222. The predicted octanol–water partition coefficient (Wildman–Crippen LogP) is 3.45. The number of nitrogens with zero attached hydrogens (tertiary/aromatic N) is 1. The van der Waals surface area contributed by atoms with E-state index in [-0.39, 0.29) is 0 Å². The Kier molecular flexibility index (Phi) is 3.84. The van der Waals surface area contributed by atoms with Crippen LogP contribution in [0.15, 0.2) is 60.8 Å². The van der Waals surface area contributed by atoms with Gasteiger partial charge in [0.05, 0.1) is 0 Å². The van der Waals surface area contributed by atoms with Crippen molar-refractivity contribution in [1.82, 2.24) is 9.88 Å². The first-order chi connectivity index (χ1) is 9.88. The summed E-state index contributed by atoms with van der Waals surface area (Å²) in [5.41, 5.74) is 4.08. The van der Waals surface area contributed by atoms with Crippen molar-refractivity contribution in [3.63, 3.8) is 0 Å². The van der Waals surface area contributed by atoms with Crippen LogP contribution < -0.4 is 5.32 Å². The number of nitrogens with one attached hydrogen (secondary N) is 1. The minimum absolute atomic E-state index is 0.930. The lowest BCUT2D eigenvalue weighted by Gasteiger charge is -2.07. The van der Waals surface area contributed by atoms with Crippen molar-refractivity contribution >= 4 is 10.9 Å². The zero-order valence-corrected chi connectivity index (χ0v) is 11.8. The molecule has 1 N–H and O–H groups in total. The minimum Gasteiger partial charge on any atom is -0.343 e. The Morgan fingerprint density at radius 3 is 2.60 bits per heavy atom. The first-order valence-corrected chi connectivity index (χ1v) is 7.14. The highest BCUT2D eigenvalue weighted by atomic mass is 14.9. The molecule has 0 aliphatic heterocycles. The van der Waals surface area contributed by atoms with Crippen molar-refractivity contribution in [2.45, 2.75) is 13.0 Å². The smallest absolute Gasteiger partial charge is 0.0486 e. The summed E-state index contributed by atoms with van der Waals surface area (Å²) < 4.78 is 2.33. The molecule has 0 unspecified atom stereocenters. The molecule has 0 bridgehead atoms. The van der Waals surface area contributed by atoms with E-state index in [1.807, 2.05) is 7.05 Å². The summed E-state index contributed by atoms with van der Waals surface area (Å²) in [4.78, 5) is 0. The number of hydrogen-bond donors (Lipinski definition) is 1. The molecule has 0 aliphatic rings. The number of aromatic nitrogens is 1. The molecule has 20 heavy (non-hydrogen) atoms. The first-order valence-electron chi connectivity index (χ1n) is 7.14. The lowest BCUT2D eigenvalue weighted by Crippen LogP contribution is -2.10. The highest BCUT2D eigenvalue weighted by molar-refractivity contribution is 5.83. The van der Waals surface area contributed by atoms with Gasteiger partial charge in [-0.2, -0.15) is 0 Å². The molecule has 0 spiro atoms. The maximum atomic E-state index is 3.22. The van der Waals surface area contributed by atoms with E-state index in [2.05, 4.69) is 70.7 Å². The molecule has 2 aromatic carbocycles. The Morgan fingerprint density at radius 2 is 1.80 bits per heavy atom. The van der Waals surface area contributed by atoms with Crippen molar-refractivity contribution in [3.8, 4) is 0 Å². The highest BCUT2D eigenvalue weighted by Crippen LogP contribution is 2.21. The molecule has 0 amide bonds. The number of fused-ring (bicyclic) bond motifs is 1. The monoisotopic (exact) mass is 264 g/mol. The normalized spacial score (nSPS) is 11.1. The lowest BCUT2D eigenvalue weighted by molar-refractivity contribution is 0.794. The van der Waals surface area contributed by atoms with E-state index >= 15 is 0 Å². The number of rotatable bonds is 5. The van der Waals surface area contributed by atoms with Crippen LogP contribution in [0, 0.1) is 0 Å². The van der Waals surface area contributed by atoms with Crippen LogP contribution in [0.25, 0.3) is 10.9 Å². The number of likely N-dealkylation sites (N-methyl/N-ethyl adjacent to an activating group) is 1. The summed E-state index contributed by atoms with van der Waals surface area (Å²) in [6.07, 6.45) is 3.27. The highest BCUT2D eigenvalue weighted by Gasteiger charge is 2.05. The quantitative estimate of drug-likeness (QED) is 0.747. The molecule has 0 fully saturated rings. The largest absolute Gasteiger partial charge is 0.343 e. The standard InChI is InChI=1S/C18H20N2/c1-19-12-10-16-8-5-9-18-17(16)11-13-20(18)14-15-6-3-2-4-7-15/h2-9,11,13,19H,10,12,14H2,1H3. The minimum atomic E-state index is 0.930. The van der Waals surface area contributed by atoms with E-state index in [9.17, 15) is 0 Å². The third kappa shape index (κ3) is 2.61. The van der Waals surface area contributed by atoms with Gasteiger partial charge in [-0.05, 0) is 43.3 Å². The summed E-state index contributed by atoms with van der Waals surface area (Å²) >= 11 is 0. The van der Waals surface area contributed by atoms with Crippen molar-refractivity contribution in [3.05, 3.63) is 71.9 Å². The molecule has 0 radical (unpaired) electrons. The molecule has 2 nitrogen and oxygen atoms in total. The molecule has 2 heteroatoms. The maximum absolute atomic E-state index is 3.22. The molecule has 0 atom stereocenters. The van der Waals surface area contributed by atoms with Crippen molar-refractivity contribution in [1.29, 1.82) is 0 Å². The first kappa shape index (κ1) is 12.9. The van der Waals surface area contributed by atoms with Gasteiger partial charge in [-0.1, -0.05) is 42.5 Å². The molecular formula is C18H20N2. The third-order valence-corrected chi connectivity index (χ3v) is 3.74. The Morgan fingerprint density at radius 1 is 0.950 bits per heavy atom. The second-order valence-electron chi connectivity index (χ2n) is 5.13. The fourth-order valence-corrected chi connectivity index (χ4v) is 2.68. The van der Waals surface area contributed by atoms with E-state index in [0.717, 1.165) is 19.5 Å². The summed E-state index contributed by atoms with van der Waals surface area (Å²) in [5, 5.41) is 4.59. The van der Waals surface area contributed by atoms with E-state index in [4.69, 9.17) is 0 Å². The van der Waals surface area contributed by atoms with E-state index < -0.39 is 0 Å². The van der Waals surface area contributed by atoms with Crippen LogP contribution in [0.3, 0.4) is 0 Å². The molecule has 0 aliphatic carbocycles. The van der Waals surface area contributed by atoms with Gasteiger partial charge in [0, 0.05) is 23.6 Å². The fourth-order valence-electron chi connectivity index (χ4n) is 2.68. The maximum Gasteiger partial charge on any atom is 0.0486 e. The Bertz CT molecular complexity index is 683. The van der Waals surface area contributed by atoms with Crippen LogP contribution in [-0.4, -0.2) is 18.2 Å². The van der Waals surface area contributed by atoms with Crippen molar-refractivity contribution in [2.24, 2.45) is 0 Å². The van der Waals surface area contributed by atoms with Gasteiger partial charge in [-0.3, -0.25) is 0 Å². The molecule has 1 heterocycles. The topological polar surface area (TPSA) is 17.0 Å². The molecule has 3 rings (SSSR count). The van der Waals surface area contributed by atoms with Gasteiger partial charge in [0.2, 0.25) is 0 Å². The molecular weight excluding hydrogens is 244 g/mol. The summed E-state index contributed by atoms with van der Waals surface area (Å²) in [6.45, 7) is 1.95. The summed E-state index contributed by atoms with van der Waals surface area (Å²) in [6, 6.07) is 19.4. The zero-order valence-electron chi connectivity index (χ0n) is 11.8. The van der Waals surface area contributed by atoms with Crippen LogP contribution in [0.5, 0.6) is 0 Å². The molecule has 0 saturated heterocycles. The van der Waals surface area contributed by atoms with E-state index in [0.29, 0.717) is 0 Å². The second kappa shape index (κ2) is 5.93. The van der Waals surface area contributed by atoms with Gasteiger partial charge in [0.25, 0.3) is 0 Å². The average Bonchev–Trinajstić information content (AvgIpc) is 2.90. The van der Waals surface area contributed by atoms with E-state index in [1.165, 1.54) is 22.0 Å². The molecule has 0 saturated carbocycles. The van der Waals surface area contributed by atoms with Crippen molar-refractivity contribution in [2.75, 3.05) is 13.6 Å². The predicted molar refractivity (Wildman–Crippen MR) is 85.1 cm³/mol. The summed E-state index contributed by atoms with van der Waals surface area (Å²) in [7, 11) is 2.00. The van der Waals surface area contributed by atoms with Crippen LogP contribution in [0.2, 0.25) is 0 Å². The number of benzene rings is 2. The lowest BCUT2D eigenvalue weighted by atomic mass is 10.1. The van der Waals surface area contributed by atoms with Gasteiger partial charge in [0.15, 0.2) is 0 Å². The number of hydrogen-bond acceptors (Lipinski definition) is 1. The van der Waals surface area contributed by atoms with Crippen LogP contribution in [0.1, 0.15) is 11.1 Å². The summed E-state index contributed by atoms with van der Waals surface area (Å²) in [5.74, 6) is 0. The third-order valence-electron chi connectivity index (χ3n) is 3.74. The molecule has 1 aromatic heterocycles. The van der Waals surface area contributed by atoms with Gasteiger partial charge in [-0.25, -0.2) is 0 Å². The zero-order chi connectivity index (χ0) is 13.8. The average molecular weight is 264 g/mol. The molecule has 102 valence electrons. The van der Waals surface area contributed by atoms with E-state index in [1.54, 1.807) is 0 Å². The van der Waals surface area contributed by atoms with Gasteiger partial charge >= 0.3 is 0 Å². The van der Waals surface area contributed by atoms with Crippen molar-refractivity contribution < 1.29 is 0 Å². The Hall–Kier alpha value is -2.06. The Balaban J connectivity index is 1.93. The van der Waals surface area contributed by atoms with Crippen LogP contribution >= 0.6 is 0 Å². The Labute approximate surface area is 120 Å². The van der Waals surface area contributed by atoms with Crippen LogP contribution in [-0.2, 0) is 13.0 Å². The molecule has 3 aromatic rings. The SMILES string of the molecule is CNCCc1cccc2c1ccn2Cc1ccccc1. The van der Waals surface area contributed by atoms with Gasteiger partial charge < -0.3 is 9.88 Å². The van der Waals surface area contributed by atoms with Gasteiger partial charge in [0.1, 0.15) is 0 Å². The second-order valence-corrected chi connectivity index (χ2v) is 5.13. The van der Waals surface area contributed by atoms with Gasteiger partial charge in [-0.15, -0.1) is 0 Å². The van der Waals surface area contributed by atoms with Crippen LogP contribution in [0.4, 0.5) is 0 Å².